The third-order valence-electron chi connectivity index (χ3n) is 3.56. The molecule has 0 bridgehead atoms. The van der Waals surface area contributed by atoms with Gasteiger partial charge in [0, 0.05) is 11.6 Å². The molecule has 2 aromatic carbocycles. The Balaban J connectivity index is 1.65. The molecule has 0 saturated heterocycles. The molecule has 0 aliphatic carbocycles. The van der Waals surface area contributed by atoms with Crippen LogP contribution in [-0.4, -0.2) is 24.3 Å². The summed E-state index contributed by atoms with van der Waals surface area (Å²) >= 11 is 0. The summed E-state index contributed by atoms with van der Waals surface area (Å²) in [6.07, 6.45) is 1.32. The lowest BCUT2D eigenvalue weighted by Crippen LogP contribution is -2.17. The Morgan fingerprint density at radius 2 is 1.96 bits per heavy atom. The molecule has 1 heterocycles. The molecule has 0 fully saturated rings. The number of phenolic OH excluding ortho intramolecular Hbond substituents is 1. The zero-order chi connectivity index (χ0) is 18.5. The molecular weight excluding hydrogens is 339 g/mol. The maximum atomic E-state index is 12.9. The Hall–Kier alpha value is -3.61. The summed E-state index contributed by atoms with van der Waals surface area (Å²) < 4.78 is 23.5. The number of ether oxygens (including phenoxy) is 1. The van der Waals surface area contributed by atoms with Crippen LogP contribution in [0.3, 0.4) is 0 Å². The number of amides is 1. The van der Waals surface area contributed by atoms with Gasteiger partial charge in [0.25, 0.3) is 5.91 Å². The summed E-state index contributed by atoms with van der Waals surface area (Å²) in [6.45, 7) is 0. The van der Waals surface area contributed by atoms with Gasteiger partial charge in [-0.1, -0.05) is 0 Å². The second-order valence-electron chi connectivity index (χ2n) is 5.29. The molecule has 0 aliphatic rings. The highest BCUT2D eigenvalue weighted by Gasteiger charge is 2.11. The first-order valence-corrected chi connectivity index (χ1v) is 7.63. The molecule has 1 amide bonds. The normalized spacial score (nSPS) is 10.8. The minimum Gasteiger partial charge on any atom is -0.507 e. The molecular formula is C19H15FN2O4. The average molecular weight is 354 g/mol. The van der Waals surface area contributed by atoms with Crippen molar-refractivity contribution in [3.05, 3.63) is 71.7 Å². The van der Waals surface area contributed by atoms with E-state index in [4.69, 9.17) is 9.15 Å². The first-order chi connectivity index (χ1) is 12.6. The van der Waals surface area contributed by atoms with Gasteiger partial charge in [-0.25, -0.2) is 9.82 Å². The van der Waals surface area contributed by atoms with E-state index in [2.05, 4.69) is 10.5 Å². The molecule has 1 aromatic heterocycles. The van der Waals surface area contributed by atoms with Crippen molar-refractivity contribution < 1.29 is 23.4 Å². The average Bonchev–Trinajstić information content (AvgIpc) is 3.11. The van der Waals surface area contributed by atoms with Gasteiger partial charge in [0.15, 0.2) is 0 Å². The van der Waals surface area contributed by atoms with Crippen LogP contribution in [0, 0.1) is 5.82 Å². The van der Waals surface area contributed by atoms with Crippen LogP contribution in [0.2, 0.25) is 0 Å². The van der Waals surface area contributed by atoms with Gasteiger partial charge in [0.1, 0.15) is 28.8 Å². The van der Waals surface area contributed by atoms with E-state index < -0.39 is 5.91 Å². The van der Waals surface area contributed by atoms with Gasteiger partial charge >= 0.3 is 0 Å². The first kappa shape index (κ1) is 17.2. The number of aromatic hydroxyl groups is 1. The highest BCUT2D eigenvalue weighted by molar-refractivity contribution is 5.97. The third kappa shape index (κ3) is 3.89. The molecule has 0 saturated carbocycles. The molecule has 6 nitrogen and oxygen atoms in total. The quantitative estimate of drug-likeness (QED) is 0.542. The second kappa shape index (κ2) is 7.52. The fraction of sp³-hybridized carbons (Fsp3) is 0.0526. The number of halogens is 1. The molecule has 26 heavy (non-hydrogen) atoms. The summed E-state index contributed by atoms with van der Waals surface area (Å²) in [7, 11) is 1.46. The summed E-state index contributed by atoms with van der Waals surface area (Å²) in [5.41, 5.74) is 3.09. The van der Waals surface area contributed by atoms with Crippen molar-refractivity contribution in [3.63, 3.8) is 0 Å². The number of rotatable bonds is 5. The topological polar surface area (TPSA) is 84.1 Å². The maximum Gasteiger partial charge on any atom is 0.275 e. The Kier molecular flexibility index (Phi) is 4.98. The number of furan rings is 1. The van der Waals surface area contributed by atoms with Crippen LogP contribution in [0.4, 0.5) is 4.39 Å². The number of carbonyl (C=O) groups is 1. The fourth-order valence-electron chi connectivity index (χ4n) is 2.24. The van der Waals surface area contributed by atoms with Crippen molar-refractivity contribution in [2.45, 2.75) is 0 Å². The van der Waals surface area contributed by atoms with Gasteiger partial charge < -0.3 is 14.3 Å². The van der Waals surface area contributed by atoms with E-state index in [1.165, 1.54) is 37.6 Å². The fourth-order valence-corrected chi connectivity index (χ4v) is 2.24. The standard InChI is InChI=1S/C19H15FN2O4/c1-25-14-6-8-16(17(23)10-14)19(24)22-21-11-15-7-9-18(26-15)12-2-4-13(20)5-3-12/h2-11,23H,1H3,(H,22,24)/b21-11-. The summed E-state index contributed by atoms with van der Waals surface area (Å²) in [5.74, 6) is 0.271. The number of hydrogen-bond donors (Lipinski definition) is 2. The van der Waals surface area contributed by atoms with Crippen LogP contribution < -0.4 is 10.2 Å². The Bertz CT molecular complexity index is 948. The number of methoxy groups -OCH3 is 1. The number of benzene rings is 2. The molecule has 2 N–H and O–H groups in total. The number of carbonyl (C=O) groups excluding carboxylic acids is 1. The molecule has 3 rings (SSSR count). The Labute approximate surface area is 148 Å². The predicted octanol–water partition coefficient (Wildman–Crippen LogP) is 3.56. The molecule has 0 spiro atoms. The van der Waals surface area contributed by atoms with Gasteiger partial charge in [-0.05, 0) is 48.5 Å². The van der Waals surface area contributed by atoms with Gasteiger partial charge in [-0.3, -0.25) is 4.79 Å². The zero-order valence-electron chi connectivity index (χ0n) is 13.8. The van der Waals surface area contributed by atoms with Crippen LogP contribution in [-0.2, 0) is 0 Å². The van der Waals surface area contributed by atoms with Crippen LogP contribution in [0.1, 0.15) is 16.1 Å². The predicted molar refractivity (Wildman–Crippen MR) is 93.8 cm³/mol. The van der Waals surface area contributed by atoms with Crippen LogP contribution in [0.5, 0.6) is 11.5 Å². The zero-order valence-corrected chi connectivity index (χ0v) is 13.8. The lowest BCUT2D eigenvalue weighted by molar-refractivity contribution is 0.0952. The van der Waals surface area contributed by atoms with Crippen molar-refractivity contribution in [1.82, 2.24) is 5.43 Å². The molecule has 0 unspecified atom stereocenters. The molecule has 132 valence electrons. The van der Waals surface area contributed by atoms with Gasteiger partial charge in [-0.2, -0.15) is 5.10 Å². The van der Waals surface area contributed by atoms with Crippen LogP contribution in [0.15, 0.2) is 64.1 Å². The van der Waals surface area contributed by atoms with E-state index in [9.17, 15) is 14.3 Å². The SMILES string of the molecule is COc1ccc(C(=O)N/N=C\c2ccc(-c3ccc(F)cc3)o2)c(O)c1. The molecule has 3 aromatic rings. The summed E-state index contributed by atoms with van der Waals surface area (Å²) in [4.78, 5) is 12.0. The smallest absolute Gasteiger partial charge is 0.275 e. The first-order valence-electron chi connectivity index (χ1n) is 7.63. The largest absolute Gasteiger partial charge is 0.507 e. The number of hydrogen-bond acceptors (Lipinski definition) is 5. The highest BCUT2D eigenvalue weighted by Crippen LogP contribution is 2.23. The van der Waals surface area contributed by atoms with Gasteiger partial charge in [0.05, 0.1) is 18.9 Å². The lowest BCUT2D eigenvalue weighted by Gasteiger charge is -2.05. The van der Waals surface area contributed by atoms with Crippen LogP contribution in [0.25, 0.3) is 11.3 Å². The van der Waals surface area contributed by atoms with Gasteiger partial charge in [-0.15, -0.1) is 0 Å². The summed E-state index contributed by atoms with van der Waals surface area (Å²) in [6, 6.07) is 13.6. The Morgan fingerprint density at radius 3 is 2.65 bits per heavy atom. The van der Waals surface area contributed by atoms with Crippen molar-refractivity contribution in [1.29, 1.82) is 0 Å². The maximum absolute atomic E-state index is 12.9. The van der Waals surface area contributed by atoms with Crippen LogP contribution >= 0.6 is 0 Å². The van der Waals surface area contributed by atoms with Crippen molar-refractivity contribution in [2.75, 3.05) is 7.11 Å². The number of phenols is 1. The van der Waals surface area contributed by atoms with E-state index in [1.54, 1.807) is 30.3 Å². The third-order valence-corrected chi connectivity index (χ3v) is 3.56. The Morgan fingerprint density at radius 1 is 1.19 bits per heavy atom. The molecule has 7 heteroatoms. The minimum absolute atomic E-state index is 0.0643. The molecule has 0 radical (unpaired) electrons. The lowest BCUT2D eigenvalue weighted by atomic mass is 10.2. The highest BCUT2D eigenvalue weighted by atomic mass is 19.1. The van der Waals surface area contributed by atoms with E-state index in [0.717, 1.165) is 5.56 Å². The van der Waals surface area contributed by atoms with Crippen molar-refractivity contribution >= 4 is 12.1 Å². The molecule has 0 aliphatic heterocycles. The van der Waals surface area contributed by atoms with E-state index in [-0.39, 0.29) is 17.1 Å². The number of hydrazone groups is 1. The van der Waals surface area contributed by atoms with Crippen molar-refractivity contribution in [3.8, 4) is 22.8 Å². The summed E-state index contributed by atoms with van der Waals surface area (Å²) in [5, 5.41) is 13.6. The van der Waals surface area contributed by atoms with Gasteiger partial charge in [0.2, 0.25) is 0 Å². The van der Waals surface area contributed by atoms with E-state index in [0.29, 0.717) is 17.3 Å². The number of nitrogens with zero attached hydrogens (tertiary/aromatic N) is 1. The molecule has 0 atom stereocenters. The van der Waals surface area contributed by atoms with E-state index >= 15 is 0 Å². The monoisotopic (exact) mass is 354 g/mol. The van der Waals surface area contributed by atoms with Crippen molar-refractivity contribution in [2.24, 2.45) is 5.10 Å². The number of nitrogens with one attached hydrogen (secondary N) is 1. The minimum atomic E-state index is -0.577. The second-order valence-corrected chi connectivity index (χ2v) is 5.29. The van der Waals surface area contributed by atoms with E-state index in [1.807, 2.05) is 0 Å².